The molecule has 1 atom stereocenters. The molecule has 0 aliphatic carbocycles. The summed E-state index contributed by atoms with van der Waals surface area (Å²) in [5.41, 5.74) is 37.0. The fraction of sp³-hybridized carbons (Fsp3) is 0.500. The summed E-state index contributed by atoms with van der Waals surface area (Å²) in [6, 6.07) is -1.16. The van der Waals surface area contributed by atoms with E-state index in [4.69, 9.17) is 41.5 Å². The van der Waals surface area contributed by atoms with Crippen LogP contribution in [0.2, 0.25) is 0 Å². The number of carboxylic acid groups (broad SMARTS) is 7. The Morgan fingerprint density at radius 1 is 0.436 bits per heavy atom. The third-order valence-corrected chi connectivity index (χ3v) is 1.79. The summed E-state index contributed by atoms with van der Waals surface area (Å²) in [5, 5.41) is 53.7. The number of hydrogen-bond donors (Lipinski definition) is 15. The van der Waals surface area contributed by atoms with Gasteiger partial charge in [-0.25, -0.2) is 0 Å². The summed E-state index contributed by atoms with van der Waals surface area (Å²) >= 11 is 0. The van der Waals surface area contributed by atoms with Gasteiger partial charge in [0.15, 0.2) is 0 Å². The highest BCUT2D eigenvalue weighted by Gasteiger charge is 2.13. The minimum atomic E-state index is -1.21. The van der Waals surface area contributed by atoms with Crippen molar-refractivity contribution in [1.29, 1.82) is 0 Å². The van der Waals surface area contributed by atoms with E-state index in [1.165, 1.54) is 0 Å². The van der Waals surface area contributed by atoms with Gasteiger partial charge in [0.2, 0.25) is 5.91 Å². The van der Waals surface area contributed by atoms with Crippen molar-refractivity contribution in [2.24, 2.45) is 45.9 Å². The summed E-state index contributed by atoms with van der Waals surface area (Å²) in [6.45, 7) is -1.67. The molecule has 0 aliphatic heterocycles. The second-order valence-electron chi connectivity index (χ2n) is 5.20. The topological polar surface area (TPSA) is 486 Å². The molecule has 0 rings (SSSR count). The van der Waals surface area contributed by atoms with Gasteiger partial charge in [-0.2, -0.15) is 0 Å². The van der Waals surface area contributed by atoms with Gasteiger partial charge in [-0.1, -0.05) is 0 Å². The molecule has 0 aromatic heterocycles. The SMILES string of the molecule is NC(=O)CC(N)C(=O)O.NCC(=O)O.NCC(=O)O.NCC(=O)O.NCC(=O)O.NCC(=O)O.NCC(=O)O. The second-order valence-corrected chi connectivity index (χ2v) is 5.20. The van der Waals surface area contributed by atoms with Gasteiger partial charge in [0, 0.05) is 0 Å². The summed E-state index contributed by atoms with van der Waals surface area (Å²) in [6.07, 6.45) is -0.310. The van der Waals surface area contributed by atoms with Crippen LogP contribution in [0.1, 0.15) is 6.42 Å². The van der Waals surface area contributed by atoms with E-state index in [-0.39, 0.29) is 45.7 Å². The second kappa shape index (κ2) is 40.6. The molecule has 0 aromatic rings. The zero-order chi connectivity index (χ0) is 33.1. The van der Waals surface area contributed by atoms with Crippen LogP contribution in [-0.2, 0) is 38.4 Å². The third kappa shape index (κ3) is 138. The Morgan fingerprint density at radius 2 is 0.564 bits per heavy atom. The fourth-order valence-electron chi connectivity index (χ4n) is 0.304. The van der Waals surface area contributed by atoms with Crippen LogP contribution in [0.25, 0.3) is 0 Å². The number of aliphatic carboxylic acids is 7. The van der Waals surface area contributed by atoms with Crippen molar-refractivity contribution in [2.45, 2.75) is 12.5 Å². The first-order valence-electron chi connectivity index (χ1n) is 9.44. The van der Waals surface area contributed by atoms with Crippen molar-refractivity contribution >= 4 is 47.7 Å². The molecule has 23 nitrogen and oxygen atoms in total. The molecule has 0 aliphatic rings. The van der Waals surface area contributed by atoms with Gasteiger partial charge < -0.3 is 81.6 Å². The van der Waals surface area contributed by atoms with Gasteiger partial charge in [0.05, 0.1) is 45.7 Å². The Labute approximate surface area is 220 Å². The van der Waals surface area contributed by atoms with Crippen molar-refractivity contribution in [3.63, 3.8) is 0 Å². The lowest BCUT2D eigenvalue weighted by Crippen LogP contribution is -2.34. The van der Waals surface area contributed by atoms with Crippen molar-refractivity contribution in [2.75, 3.05) is 39.3 Å². The van der Waals surface area contributed by atoms with Crippen molar-refractivity contribution in [1.82, 2.24) is 0 Å². The predicted octanol–water partition coefficient (Wildman–Crippen LogP) is -7.55. The van der Waals surface area contributed by atoms with E-state index in [2.05, 4.69) is 40.1 Å². The molecular weight excluding hydrogens is 544 g/mol. The number of amides is 1. The molecule has 0 aromatic carbocycles. The predicted molar refractivity (Wildman–Crippen MR) is 130 cm³/mol. The molecule has 1 unspecified atom stereocenters. The van der Waals surface area contributed by atoms with Gasteiger partial charge in [0.1, 0.15) is 6.04 Å². The number of rotatable bonds is 9. The molecule has 23 heteroatoms. The average molecular weight is 583 g/mol. The Morgan fingerprint density at radius 3 is 0.590 bits per heavy atom. The number of carboxylic acids is 7. The summed E-state index contributed by atoms with van der Waals surface area (Å²) in [4.78, 5) is 75.4. The van der Waals surface area contributed by atoms with E-state index in [1.807, 2.05) is 0 Å². The molecule has 0 saturated carbocycles. The van der Waals surface area contributed by atoms with Crippen molar-refractivity contribution in [3.8, 4) is 0 Å². The highest BCUT2D eigenvalue weighted by Crippen LogP contribution is 1.84. The number of hydrogen-bond acceptors (Lipinski definition) is 15. The first-order chi connectivity index (χ1) is 17.7. The molecule has 1 amide bonds. The molecule has 0 bridgehead atoms. The van der Waals surface area contributed by atoms with Crippen LogP contribution in [0.3, 0.4) is 0 Å². The molecule has 0 saturated heterocycles. The van der Waals surface area contributed by atoms with E-state index in [9.17, 15) is 38.4 Å². The van der Waals surface area contributed by atoms with Gasteiger partial charge in [0.25, 0.3) is 0 Å². The molecule has 0 heterocycles. The smallest absolute Gasteiger partial charge is 0.321 e. The Kier molecular flexibility index (Phi) is 53.3. The normalized spacial score (nSPS) is 8.59. The van der Waals surface area contributed by atoms with Crippen LogP contribution >= 0.6 is 0 Å². The standard InChI is InChI=1S/C4H8N2O3.6C2H5NO2/c5-2(4(8)9)1-3(6)7;6*3-1-2(4)5/h2H,1,5H2,(H2,6,7)(H,8,9);6*1,3H2,(H,4,5). The van der Waals surface area contributed by atoms with Crippen molar-refractivity contribution in [3.05, 3.63) is 0 Å². The summed E-state index contributed by atoms with van der Waals surface area (Å²) in [7, 11) is 0. The largest absolute Gasteiger partial charge is 0.480 e. The minimum absolute atomic E-state index is 0.278. The van der Waals surface area contributed by atoms with Gasteiger partial charge in [-0.15, -0.1) is 0 Å². The van der Waals surface area contributed by atoms with E-state index in [0.717, 1.165) is 0 Å². The molecule has 0 fully saturated rings. The third-order valence-electron chi connectivity index (χ3n) is 1.79. The molecule has 0 radical (unpaired) electrons. The number of carbonyl (C=O) groups is 8. The lowest BCUT2D eigenvalue weighted by atomic mass is 10.2. The monoisotopic (exact) mass is 582 g/mol. The molecular formula is C16H38N8O15. The van der Waals surface area contributed by atoms with Crippen LogP contribution in [-0.4, -0.2) is 129 Å². The maximum Gasteiger partial charge on any atom is 0.321 e. The van der Waals surface area contributed by atoms with Gasteiger partial charge in [-0.05, 0) is 0 Å². The van der Waals surface area contributed by atoms with Gasteiger partial charge >= 0.3 is 41.8 Å². The lowest BCUT2D eigenvalue weighted by molar-refractivity contribution is -0.140. The Balaban J connectivity index is -0.0000000622. The number of nitrogens with two attached hydrogens (primary N) is 8. The zero-order valence-corrected chi connectivity index (χ0v) is 20.5. The number of carbonyl (C=O) groups excluding carboxylic acids is 1. The maximum absolute atomic E-state index is 9.99. The Hall–Kier alpha value is -4.52. The molecule has 39 heavy (non-hydrogen) atoms. The van der Waals surface area contributed by atoms with Crippen LogP contribution < -0.4 is 45.9 Å². The molecule has 232 valence electrons. The molecule has 0 spiro atoms. The Bertz CT molecular complexity index is 598. The summed E-state index contributed by atoms with van der Waals surface area (Å²) in [5.74, 6) is -7.72. The van der Waals surface area contributed by atoms with E-state index >= 15 is 0 Å². The number of primary amides is 1. The van der Waals surface area contributed by atoms with E-state index < -0.39 is 53.7 Å². The molecule has 23 N–H and O–H groups in total. The maximum atomic E-state index is 9.99. The quantitative estimate of drug-likeness (QED) is 0.120. The van der Waals surface area contributed by atoms with E-state index in [1.54, 1.807) is 0 Å². The highest BCUT2D eigenvalue weighted by molar-refractivity contribution is 5.83. The highest BCUT2D eigenvalue weighted by atomic mass is 16.4. The van der Waals surface area contributed by atoms with Crippen LogP contribution in [0.5, 0.6) is 0 Å². The fourth-order valence-corrected chi connectivity index (χ4v) is 0.304. The minimum Gasteiger partial charge on any atom is -0.480 e. The van der Waals surface area contributed by atoms with Crippen LogP contribution in [0, 0.1) is 0 Å². The van der Waals surface area contributed by atoms with Gasteiger partial charge in [-0.3, -0.25) is 38.4 Å². The first kappa shape index (κ1) is 51.2. The summed E-state index contributed by atoms with van der Waals surface area (Å²) < 4.78 is 0. The van der Waals surface area contributed by atoms with Crippen LogP contribution in [0.4, 0.5) is 0 Å². The van der Waals surface area contributed by atoms with Crippen LogP contribution in [0.15, 0.2) is 0 Å². The van der Waals surface area contributed by atoms with Crippen molar-refractivity contribution < 1.29 is 74.1 Å². The average Bonchev–Trinajstić information content (AvgIpc) is 2.85. The zero-order valence-electron chi connectivity index (χ0n) is 20.5. The first-order valence-corrected chi connectivity index (χ1v) is 9.44. The van der Waals surface area contributed by atoms with E-state index in [0.29, 0.717) is 0 Å². The lowest BCUT2D eigenvalue weighted by Gasteiger charge is -1.99.